The van der Waals surface area contributed by atoms with E-state index in [0.717, 1.165) is 25.7 Å². The molecule has 1 amide bonds. The molecule has 0 radical (unpaired) electrons. The first-order valence-electron chi connectivity index (χ1n) is 15.5. The van der Waals surface area contributed by atoms with Crippen LogP contribution in [0, 0.1) is 34.5 Å². The maximum absolute atomic E-state index is 13.1. The molecule has 1 aromatic rings. The van der Waals surface area contributed by atoms with Gasteiger partial charge in [-0.2, -0.15) is 0 Å². The van der Waals surface area contributed by atoms with Crippen LogP contribution in [-0.4, -0.2) is 46.7 Å². The van der Waals surface area contributed by atoms with Crippen LogP contribution in [0.25, 0.3) is 5.57 Å². The van der Waals surface area contributed by atoms with Gasteiger partial charge in [0.15, 0.2) is 0 Å². The van der Waals surface area contributed by atoms with E-state index in [-0.39, 0.29) is 34.9 Å². The van der Waals surface area contributed by atoms with E-state index in [9.17, 15) is 9.59 Å². The summed E-state index contributed by atoms with van der Waals surface area (Å²) in [5.74, 6) is 1.67. The second kappa shape index (κ2) is 10.0. The van der Waals surface area contributed by atoms with Crippen molar-refractivity contribution >= 4 is 17.6 Å². The van der Waals surface area contributed by atoms with Crippen LogP contribution >= 0.6 is 0 Å². The number of ether oxygens (including phenoxy) is 2. The largest absolute Gasteiger partial charge is 0.462 e. The number of hydrogen-bond acceptors (Lipinski definition) is 5. The topological polar surface area (TPSA) is 68.7 Å². The summed E-state index contributed by atoms with van der Waals surface area (Å²) in [5.41, 5.74) is 4.21. The van der Waals surface area contributed by atoms with Gasteiger partial charge in [-0.05, 0) is 112 Å². The number of carbonyl (C=O) groups is 2. The van der Waals surface area contributed by atoms with Gasteiger partial charge >= 0.3 is 12.1 Å². The summed E-state index contributed by atoms with van der Waals surface area (Å²) >= 11 is 0. The summed E-state index contributed by atoms with van der Waals surface area (Å²) in [7, 11) is 0. The molecule has 1 saturated heterocycles. The molecule has 0 bridgehead atoms. The fourth-order valence-electron chi connectivity index (χ4n) is 8.97. The zero-order valence-corrected chi connectivity index (χ0v) is 24.9. The molecular weight excluding hydrogens is 500 g/mol. The van der Waals surface area contributed by atoms with Gasteiger partial charge in [0.25, 0.3) is 0 Å². The first kappa shape index (κ1) is 27.5. The van der Waals surface area contributed by atoms with Gasteiger partial charge in [0.2, 0.25) is 0 Å². The minimum Gasteiger partial charge on any atom is -0.462 e. The summed E-state index contributed by atoms with van der Waals surface area (Å²) in [6, 6.07) is 4.28. The Morgan fingerprint density at radius 1 is 1.02 bits per heavy atom. The third-order valence-corrected chi connectivity index (χ3v) is 11.1. The number of amides is 1. The number of fused-ring (bicyclic) bond motifs is 5. The zero-order valence-electron chi connectivity index (χ0n) is 24.9. The van der Waals surface area contributed by atoms with Crippen molar-refractivity contribution in [1.29, 1.82) is 0 Å². The van der Waals surface area contributed by atoms with E-state index < -0.39 is 5.60 Å². The minimum atomic E-state index is -0.538. The Hall–Kier alpha value is -2.63. The van der Waals surface area contributed by atoms with E-state index in [2.05, 4.69) is 43.1 Å². The Morgan fingerprint density at radius 3 is 2.58 bits per heavy atom. The van der Waals surface area contributed by atoms with Crippen molar-refractivity contribution < 1.29 is 19.1 Å². The highest BCUT2D eigenvalue weighted by Gasteiger charge is 2.57. The SMILES string of the molecule is CC(C)(C)OC(=O)N1CC[C@H](C(=O)O[C@H]2CC[C@@]3(C)C(=CC[C@@H]4C3CC[C@]3(C)C(c5cccnc5)=CCC43)C2)C1. The molecule has 5 aliphatic rings. The Labute approximate surface area is 239 Å². The van der Waals surface area contributed by atoms with Gasteiger partial charge in [-0.3, -0.25) is 9.78 Å². The van der Waals surface area contributed by atoms with Gasteiger partial charge in [0.1, 0.15) is 11.7 Å². The standard InChI is InChI=1S/C34H46N2O4/c1-32(2,3)40-31(38)36-18-14-23(21-36)30(37)39-25-12-15-33(4)24(19-25)8-9-26-28-11-10-27(22-7-6-17-35-20-22)34(28,5)16-13-29(26)33/h6-8,10,17,20,23,25-26,28-29H,9,11-16,18-19,21H2,1-5H3/t23-,25-,26-,28?,29?,33-,34+/m0/s1. The van der Waals surface area contributed by atoms with Gasteiger partial charge in [-0.1, -0.05) is 37.6 Å². The maximum Gasteiger partial charge on any atom is 0.410 e. The van der Waals surface area contributed by atoms with Crippen molar-refractivity contribution in [1.82, 2.24) is 9.88 Å². The van der Waals surface area contributed by atoms with E-state index in [1.54, 1.807) is 4.90 Å². The Balaban J connectivity index is 1.09. The minimum absolute atomic E-state index is 0.0573. The summed E-state index contributed by atoms with van der Waals surface area (Å²) in [6.07, 6.45) is 16.8. The van der Waals surface area contributed by atoms with Crippen molar-refractivity contribution in [3.63, 3.8) is 0 Å². The fraction of sp³-hybridized carbons (Fsp3) is 0.676. The highest BCUT2D eigenvalue weighted by atomic mass is 16.6. The Bertz CT molecular complexity index is 1220. The molecule has 6 rings (SSSR count). The maximum atomic E-state index is 13.1. The molecule has 7 atom stereocenters. The van der Waals surface area contributed by atoms with Gasteiger partial charge in [-0.15, -0.1) is 0 Å². The third-order valence-electron chi connectivity index (χ3n) is 11.1. The quantitative estimate of drug-likeness (QED) is 0.296. The number of carbonyl (C=O) groups excluding carboxylic acids is 2. The molecular formula is C34H46N2O4. The van der Waals surface area contributed by atoms with E-state index in [1.807, 2.05) is 33.2 Å². The molecule has 40 heavy (non-hydrogen) atoms. The van der Waals surface area contributed by atoms with Crippen molar-refractivity contribution in [2.75, 3.05) is 13.1 Å². The lowest BCUT2D eigenvalue weighted by molar-refractivity contribution is -0.155. The molecule has 2 heterocycles. The summed E-state index contributed by atoms with van der Waals surface area (Å²) < 4.78 is 11.6. The molecule has 1 aliphatic heterocycles. The lowest BCUT2D eigenvalue weighted by atomic mass is 9.47. The first-order chi connectivity index (χ1) is 19.0. The van der Waals surface area contributed by atoms with Crippen LogP contribution in [0.3, 0.4) is 0 Å². The predicted octanol–water partition coefficient (Wildman–Crippen LogP) is 7.21. The molecule has 4 aliphatic carbocycles. The molecule has 0 spiro atoms. The molecule has 6 heteroatoms. The zero-order chi connectivity index (χ0) is 28.3. The summed E-state index contributed by atoms with van der Waals surface area (Å²) in [6.45, 7) is 11.5. The molecule has 3 fully saturated rings. The average Bonchev–Trinajstić information content (AvgIpc) is 3.54. The van der Waals surface area contributed by atoms with Gasteiger partial charge in [-0.25, -0.2) is 4.79 Å². The lowest BCUT2D eigenvalue weighted by Gasteiger charge is -2.57. The van der Waals surface area contributed by atoms with Gasteiger partial charge < -0.3 is 14.4 Å². The van der Waals surface area contributed by atoms with Crippen LogP contribution < -0.4 is 0 Å². The first-order valence-corrected chi connectivity index (χ1v) is 15.5. The number of rotatable bonds is 3. The summed E-state index contributed by atoms with van der Waals surface area (Å²) in [4.78, 5) is 31.6. The lowest BCUT2D eigenvalue weighted by Crippen LogP contribution is -2.50. The van der Waals surface area contributed by atoms with Gasteiger partial charge in [0.05, 0.1) is 5.92 Å². The van der Waals surface area contributed by atoms with Crippen molar-refractivity contribution in [2.24, 2.45) is 34.5 Å². The number of aromatic nitrogens is 1. The monoisotopic (exact) mass is 546 g/mol. The smallest absolute Gasteiger partial charge is 0.410 e. The molecule has 216 valence electrons. The van der Waals surface area contributed by atoms with E-state index in [0.29, 0.717) is 37.3 Å². The second-order valence-electron chi connectivity index (χ2n) is 14.5. The number of hydrogen-bond donors (Lipinski definition) is 0. The molecule has 2 saturated carbocycles. The van der Waals surface area contributed by atoms with Crippen LogP contribution in [0.1, 0.15) is 91.5 Å². The van der Waals surface area contributed by atoms with Crippen molar-refractivity contribution in [3.05, 3.63) is 47.8 Å². The summed E-state index contributed by atoms with van der Waals surface area (Å²) in [5, 5.41) is 0. The molecule has 6 nitrogen and oxygen atoms in total. The fourth-order valence-corrected chi connectivity index (χ4v) is 8.97. The van der Waals surface area contributed by atoms with Crippen LogP contribution in [0.4, 0.5) is 4.79 Å². The highest BCUT2D eigenvalue weighted by Crippen LogP contribution is 2.66. The Morgan fingerprint density at radius 2 is 1.82 bits per heavy atom. The van der Waals surface area contributed by atoms with Crippen LogP contribution in [-0.2, 0) is 14.3 Å². The Kier molecular flexibility index (Phi) is 6.90. The van der Waals surface area contributed by atoms with Crippen molar-refractivity contribution in [2.45, 2.75) is 97.7 Å². The number of nitrogens with zero attached hydrogens (tertiary/aromatic N) is 2. The van der Waals surface area contributed by atoms with Crippen LogP contribution in [0.15, 0.2) is 42.3 Å². The molecule has 1 aromatic heterocycles. The normalized spacial score (nSPS) is 37.0. The second-order valence-corrected chi connectivity index (χ2v) is 14.5. The average molecular weight is 547 g/mol. The predicted molar refractivity (Wildman–Crippen MR) is 155 cm³/mol. The molecule has 0 N–H and O–H groups in total. The number of likely N-dealkylation sites (tertiary alicyclic amines) is 1. The van der Waals surface area contributed by atoms with E-state index in [1.165, 1.54) is 36.0 Å². The highest BCUT2D eigenvalue weighted by molar-refractivity contribution is 5.76. The van der Waals surface area contributed by atoms with Gasteiger partial charge in [0, 0.05) is 31.9 Å². The van der Waals surface area contributed by atoms with Crippen molar-refractivity contribution in [3.8, 4) is 0 Å². The van der Waals surface area contributed by atoms with E-state index >= 15 is 0 Å². The number of allylic oxidation sites excluding steroid dienone is 3. The van der Waals surface area contributed by atoms with Crippen LogP contribution in [0.5, 0.6) is 0 Å². The molecule has 0 aromatic carbocycles. The third kappa shape index (κ3) is 4.79. The van der Waals surface area contributed by atoms with E-state index in [4.69, 9.17) is 9.47 Å². The molecule has 2 unspecified atom stereocenters. The number of pyridine rings is 1. The van der Waals surface area contributed by atoms with Crippen LogP contribution in [0.2, 0.25) is 0 Å². The number of esters is 1.